The Balaban J connectivity index is 1.41. The number of benzene rings is 4. The number of fused-ring (bicyclic) bond motifs is 6. The first-order chi connectivity index (χ1) is 17.3. The van der Waals surface area contributed by atoms with Crippen molar-refractivity contribution in [2.24, 2.45) is 5.41 Å². The molecule has 3 heterocycles. The summed E-state index contributed by atoms with van der Waals surface area (Å²) in [7, 11) is 0. The molecule has 1 saturated heterocycles. The molecule has 36 heavy (non-hydrogen) atoms. The average Bonchev–Trinajstić information content (AvgIpc) is 3.40. The second kappa shape index (κ2) is 7.50. The molecule has 6 aromatic rings. The molecule has 0 atom stereocenters. The summed E-state index contributed by atoms with van der Waals surface area (Å²) in [5.74, 6) is 0. The van der Waals surface area contributed by atoms with Crippen LogP contribution in [0.2, 0.25) is 6.32 Å². The molecule has 7 rings (SSSR count). The average molecular weight is 471 g/mol. The summed E-state index contributed by atoms with van der Waals surface area (Å²) in [6.45, 7) is 9.23. The van der Waals surface area contributed by atoms with Gasteiger partial charge in [0.05, 0.1) is 16.6 Å². The van der Waals surface area contributed by atoms with Crippen LogP contribution in [0.5, 0.6) is 0 Å². The standard InChI is InChI=1S/C32H30BNO2/c1-31(2)17-18-33(36-32(31,3)4)21-13-15-28-25(19-21)23-9-5-7-11-27(23)34(28)22-14-16-30-26(20-22)24-10-6-8-12-29(24)35-30/h5-16,19-20H,17-18H2,1-4H3. The van der Waals surface area contributed by atoms with Crippen molar-refractivity contribution < 1.29 is 9.07 Å². The quantitative estimate of drug-likeness (QED) is 0.239. The molecule has 3 nitrogen and oxygen atoms in total. The van der Waals surface area contributed by atoms with Gasteiger partial charge >= 0.3 is 6.92 Å². The van der Waals surface area contributed by atoms with E-state index in [0.717, 1.165) is 40.4 Å². The minimum Gasteiger partial charge on any atom is -0.456 e. The zero-order valence-electron chi connectivity index (χ0n) is 21.3. The Bertz CT molecular complexity index is 1790. The van der Waals surface area contributed by atoms with E-state index in [1.807, 2.05) is 12.1 Å². The van der Waals surface area contributed by atoms with Crippen LogP contribution < -0.4 is 5.46 Å². The Kier molecular flexibility index (Phi) is 4.54. The van der Waals surface area contributed by atoms with Gasteiger partial charge in [0, 0.05) is 27.2 Å². The van der Waals surface area contributed by atoms with Gasteiger partial charge in [-0.1, -0.05) is 62.4 Å². The van der Waals surface area contributed by atoms with Gasteiger partial charge in [-0.15, -0.1) is 0 Å². The predicted octanol–water partition coefficient (Wildman–Crippen LogP) is 8.11. The lowest BCUT2D eigenvalue weighted by atomic mass is 9.50. The van der Waals surface area contributed by atoms with Gasteiger partial charge in [-0.05, 0) is 73.9 Å². The van der Waals surface area contributed by atoms with Crippen molar-refractivity contribution in [3.8, 4) is 5.69 Å². The lowest BCUT2D eigenvalue weighted by Gasteiger charge is -2.48. The van der Waals surface area contributed by atoms with E-state index in [0.29, 0.717) is 0 Å². The number of para-hydroxylation sites is 2. The molecule has 4 heteroatoms. The molecular formula is C32H30BNO2. The molecule has 0 aliphatic carbocycles. The van der Waals surface area contributed by atoms with Gasteiger partial charge in [0.15, 0.2) is 0 Å². The summed E-state index contributed by atoms with van der Waals surface area (Å²) in [6.07, 6.45) is 2.20. The fraction of sp³-hybridized carbons (Fsp3) is 0.250. The molecule has 4 aromatic carbocycles. The van der Waals surface area contributed by atoms with Crippen LogP contribution in [0, 0.1) is 5.41 Å². The number of furan rings is 1. The molecule has 1 aliphatic rings. The van der Waals surface area contributed by atoms with Crippen LogP contribution in [0.3, 0.4) is 0 Å². The lowest BCUT2D eigenvalue weighted by Crippen LogP contribution is -2.53. The highest BCUT2D eigenvalue weighted by Gasteiger charge is 2.45. The van der Waals surface area contributed by atoms with E-state index < -0.39 is 0 Å². The molecule has 0 unspecified atom stereocenters. The molecule has 178 valence electrons. The van der Waals surface area contributed by atoms with Crippen molar-refractivity contribution in [2.45, 2.75) is 46.0 Å². The summed E-state index contributed by atoms with van der Waals surface area (Å²) in [5.41, 5.74) is 6.68. The van der Waals surface area contributed by atoms with Crippen molar-refractivity contribution in [2.75, 3.05) is 0 Å². The van der Waals surface area contributed by atoms with E-state index in [4.69, 9.17) is 9.07 Å². The zero-order valence-corrected chi connectivity index (χ0v) is 21.3. The van der Waals surface area contributed by atoms with Gasteiger partial charge in [0.1, 0.15) is 11.2 Å². The van der Waals surface area contributed by atoms with Crippen molar-refractivity contribution in [3.05, 3.63) is 84.9 Å². The van der Waals surface area contributed by atoms with Crippen LogP contribution >= 0.6 is 0 Å². The van der Waals surface area contributed by atoms with Crippen LogP contribution in [0.1, 0.15) is 34.1 Å². The van der Waals surface area contributed by atoms with Crippen LogP contribution in [-0.4, -0.2) is 17.1 Å². The topological polar surface area (TPSA) is 27.3 Å². The molecule has 0 N–H and O–H groups in total. The smallest absolute Gasteiger partial charge is 0.327 e. The van der Waals surface area contributed by atoms with Gasteiger partial charge in [-0.2, -0.15) is 0 Å². The van der Waals surface area contributed by atoms with Crippen molar-refractivity contribution in [3.63, 3.8) is 0 Å². The summed E-state index contributed by atoms with van der Waals surface area (Å²) >= 11 is 0. The predicted molar refractivity (Wildman–Crippen MR) is 152 cm³/mol. The highest BCUT2D eigenvalue weighted by atomic mass is 16.5. The van der Waals surface area contributed by atoms with Gasteiger partial charge < -0.3 is 13.6 Å². The molecule has 1 aliphatic heterocycles. The number of rotatable bonds is 2. The van der Waals surface area contributed by atoms with E-state index in [1.165, 1.54) is 27.3 Å². The fourth-order valence-corrected chi connectivity index (χ4v) is 5.92. The van der Waals surface area contributed by atoms with E-state index in [1.54, 1.807) is 0 Å². The largest absolute Gasteiger partial charge is 0.456 e. The van der Waals surface area contributed by atoms with E-state index >= 15 is 0 Å². The van der Waals surface area contributed by atoms with Crippen molar-refractivity contribution in [1.82, 2.24) is 4.57 Å². The Morgan fingerprint density at radius 3 is 2.25 bits per heavy atom. The fourth-order valence-electron chi connectivity index (χ4n) is 5.92. The Hall–Kier alpha value is -3.50. The molecule has 0 radical (unpaired) electrons. The maximum atomic E-state index is 6.69. The van der Waals surface area contributed by atoms with Gasteiger partial charge in [0.2, 0.25) is 0 Å². The van der Waals surface area contributed by atoms with Crippen molar-refractivity contribution in [1.29, 1.82) is 0 Å². The highest BCUT2D eigenvalue weighted by molar-refractivity contribution is 6.68. The third kappa shape index (κ3) is 3.10. The second-order valence-electron chi connectivity index (χ2n) is 11.4. The van der Waals surface area contributed by atoms with Crippen LogP contribution in [-0.2, 0) is 4.65 Å². The molecule has 0 saturated carbocycles. The SMILES string of the molecule is CC1(C)CCB(c2ccc3c(c2)c2ccccc2n3-c2ccc3oc4ccccc4c3c2)OC1(C)C. The Morgan fingerprint density at radius 2 is 1.42 bits per heavy atom. The molecule has 0 amide bonds. The maximum Gasteiger partial charge on any atom is 0.327 e. The number of aromatic nitrogens is 1. The van der Waals surface area contributed by atoms with Crippen LogP contribution in [0.15, 0.2) is 89.3 Å². The lowest BCUT2D eigenvalue weighted by molar-refractivity contribution is -0.0311. The Morgan fingerprint density at radius 1 is 0.694 bits per heavy atom. The van der Waals surface area contributed by atoms with E-state index in [9.17, 15) is 0 Å². The first-order valence-electron chi connectivity index (χ1n) is 13.0. The molecule has 1 fully saturated rings. The number of hydrogen-bond acceptors (Lipinski definition) is 2. The van der Waals surface area contributed by atoms with Crippen molar-refractivity contribution >= 4 is 56.1 Å². The summed E-state index contributed by atoms with van der Waals surface area (Å²) < 4.78 is 15.2. The van der Waals surface area contributed by atoms with Gasteiger partial charge in [-0.25, -0.2) is 0 Å². The van der Waals surface area contributed by atoms with Crippen LogP contribution in [0.25, 0.3) is 49.4 Å². The maximum absolute atomic E-state index is 6.69. The zero-order chi connectivity index (χ0) is 24.7. The minimum absolute atomic E-state index is 0.119. The first-order valence-corrected chi connectivity index (χ1v) is 13.0. The van der Waals surface area contributed by atoms with Gasteiger partial charge in [0.25, 0.3) is 0 Å². The number of nitrogens with zero attached hydrogens (tertiary/aromatic N) is 1. The van der Waals surface area contributed by atoms with Crippen LogP contribution in [0.4, 0.5) is 0 Å². The summed E-state index contributed by atoms with van der Waals surface area (Å²) in [5, 5.41) is 4.83. The summed E-state index contributed by atoms with van der Waals surface area (Å²) in [4.78, 5) is 0. The second-order valence-corrected chi connectivity index (χ2v) is 11.4. The Labute approximate surface area is 211 Å². The highest BCUT2D eigenvalue weighted by Crippen LogP contribution is 2.43. The van der Waals surface area contributed by atoms with E-state index in [2.05, 4.69) is 105 Å². The monoisotopic (exact) mass is 471 g/mol. The normalized spacial score (nSPS) is 17.5. The molecular weight excluding hydrogens is 441 g/mol. The van der Waals surface area contributed by atoms with E-state index in [-0.39, 0.29) is 17.9 Å². The number of hydrogen-bond donors (Lipinski definition) is 0. The summed E-state index contributed by atoms with van der Waals surface area (Å²) in [6, 6.07) is 30.4. The molecule has 0 spiro atoms. The van der Waals surface area contributed by atoms with Gasteiger partial charge in [-0.3, -0.25) is 0 Å². The first kappa shape index (κ1) is 21.8. The third-order valence-electron chi connectivity index (χ3n) is 8.79. The molecule has 0 bridgehead atoms. The minimum atomic E-state index is -0.165. The molecule has 2 aromatic heterocycles. The third-order valence-corrected chi connectivity index (χ3v) is 8.79.